The van der Waals surface area contributed by atoms with Gasteiger partial charge in [-0.2, -0.15) is 0 Å². The Labute approximate surface area is 115 Å². The van der Waals surface area contributed by atoms with Crippen LogP contribution in [0.25, 0.3) is 0 Å². The summed E-state index contributed by atoms with van der Waals surface area (Å²) in [5.41, 5.74) is 8.58. The second kappa shape index (κ2) is 6.41. The van der Waals surface area contributed by atoms with Gasteiger partial charge in [0.15, 0.2) is 5.95 Å². The number of hydrogen-bond donors (Lipinski definition) is 1. The molecule has 19 heavy (non-hydrogen) atoms. The topological polar surface area (TPSA) is 43.8 Å². The van der Waals surface area contributed by atoms with E-state index in [1.54, 1.807) is 0 Å². The van der Waals surface area contributed by atoms with Gasteiger partial charge in [-0.15, -0.1) is 0 Å². The highest BCUT2D eigenvalue weighted by atomic mass is 15.1. The molecule has 3 nitrogen and oxygen atoms in total. The molecule has 0 atom stereocenters. The number of nitrogens with zero attached hydrogens (tertiary/aromatic N) is 2. The SMILES string of the molecule is CC(C)Cc1cnc(N)n1CCCc1ccccc1. The van der Waals surface area contributed by atoms with Crippen molar-refractivity contribution in [2.45, 2.75) is 39.7 Å². The minimum atomic E-state index is 0.629. The summed E-state index contributed by atoms with van der Waals surface area (Å²) in [5, 5.41) is 0. The zero-order valence-electron chi connectivity index (χ0n) is 11.8. The molecule has 0 amide bonds. The number of nitrogen functional groups attached to an aromatic ring is 1. The van der Waals surface area contributed by atoms with Crippen molar-refractivity contribution in [1.82, 2.24) is 9.55 Å². The molecular weight excluding hydrogens is 234 g/mol. The Hall–Kier alpha value is -1.77. The molecule has 1 aromatic heterocycles. The summed E-state index contributed by atoms with van der Waals surface area (Å²) >= 11 is 0. The summed E-state index contributed by atoms with van der Waals surface area (Å²) in [5.74, 6) is 1.27. The van der Waals surface area contributed by atoms with Gasteiger partial charge in [0.2, 0.25) is 0 Å². The molecule has 102 valence electrons. The fraction of sp³-hybridized carbons (Fsp3) is 0.438. The first kappa shape index (κ1) is 13.7. The number of imidazole rings is 1. The summed E-state index contributed by atoms with van der Waals surface area (Å²) in [7, 11) is 0. The molecule has 0 spiro atoms. The van der Waals surface area contributed by atoms with Crippen LogP contribution in [-0.4, -0.2) is 9.55 Å². The second-order valence-corrected chi connectivity index (χ2v) is 5.45. The number of benzene rings is 1. The molecule has 0 bridgehead atoms. The van der Waals surface area contributed by atoms with Crippen molar-refractivity contribution in [3.05, 3.63) is 47.8 Å². The standard InChI is InChI=1S/C16H23N3/c1-13(2)11-15-12-18-16(17)19(15)10-6-9-14-7-4-3-5-8-14/h3-5,7-8,12-13H,6,9-11H2,1-2H3,(H2,17,18). The van der Waals surface area contributed by atoms with Gasteiger partial charge in [0.05, 0.1) is 6.20 Å². The number of nitrogens with two attached hydrogens (primary N) is 1. The van der Waals surface area contributed by atoms with E-state index in [9.17, 15) is 0 Å². The van der Waals surface area contributed by atoms with Crippen LogP contribution in [0.15, 0.2) is 36.5 Å². The quantitative estimate of drug-likeness (QED) is 0.863. The Bertz CT molecular complexity index is 500. The molecule has 2 rings (SSSR count). The van der Waals surface area contributed by atoms with Crippen molar-refractivity contribution in [2.24, 2.45) is 5.92 Å². The molecule has 2 aromatic rings. The first-order valence-electron chi connectivity index (χ1n) is 7.00. The highest BCUT2D eigenvalue weighted by Crippen LogP contribution is 2.14. The van der Waals surface area contributed by atoms with Crippen LogP contribution in [0.4, 0.5) is 5.95 Å². The molecule has 0 saturated carbocycles. The molecule has 0 radical (unpaired) electrons. The number of hydrogen-bond acceptors (Lipinski definition) is 2. The van der Waals surface area contributed by atoms with Gasteiger partial charge in [-0.3, -0.25) is 0 Å². The average molecular weight is 257 g/mol. The summed E-state index contributed by atoms with van der Waals surface area (Å²) in [4.78, 5) is 4.24. The van der Waals surface area contributed by atoms with Crippen LogP contribution in [0.3, 0.4) is 0 Å². The van der Waals surface area contributed by atoms with Gasteiger partial charge in [-0.05, 0) is 30.7 Å². The lowest BCUT2D eigenvalue weighted by Crippen LogP contribution is -2.09. The van der Waals surface area contributed by atoms with Crippen molar-refractivity contribution in [3.63, 3.8) is 0 Å². The predicted molar refractivity (Wildman–Crippen MR) is 79.9 cm³/mol. The van der Waals surface area contributed by atoms with Gasteiger partial charge >= 0.3 is 0 Å². The zero-order valence-corrected chi connectivity index (χ0v) is 11.8. The molecule has 0 aliphatic carbocycles. The third-order valence-electron chi connectivity index (χ3n) is 3.28. The summed E-state index contributed by atoms with van der Waals surface area (Å²) in [6.07, 6.45) is 5.13. The smallest absolute Gasteiger partial charge is 0.200 e. The monoisotopic (exact) mass is 257 g/mol. The Balaban J connectivity index is 1.94. The van der Waals surface area contributed by atoms with Crippen molar-refractivity contribution < 1.29 is 0 Å². The van der Waals surface area contributed by atoms with E-state index < -0.39 is 0 Å². The van der Waals surface area contributed by atoms with Gasteiger partial charge in [0, 0.05) is 12.2 Å². The van der Waals surface area contributed by atoms with Gasteiger partial charge in [0.1, 0.15) is 0 Å². The Morgan fingerprint density at radius 1 is 1.21 bits per heavy atom. The van der Waals surface area contributed by atoms with Crippen molar-refractivity contribution in [3.8, 4) is 0 Å². The van der Waals surface area contributed by atoms with Crippen LogP contribution in [0.5, 0.6) is 0 Å². The van der Waals surface area contributed by atoms with E-state index in [2.05, 4.69) is 53.7 Å². The highest BCUT2D eigenvalue weighted by molar-refractivity contribution is 5.23. The first-order valence-corrected chi connectivity index (χ1v) is 7.00. The fourth-order valence-corrected chi connectivity index (χ4v) is 2.35. The molecule has 0 aliphatic heterocycles. The van der Waals surface area contributed by atoms with E-state index in [1.165, 1.54) is 11.3 Å². The third kappa shape index (κ3) is 3.85. The van der Waals surface area contributed by atoms with E-state index in [-0.39, 0.29) is 0 Å². The number of rotatable bonds is 6. The normalized spacial score (nSPS) is 11.1. The van der Waals surface area contributed by atoms with E-state index in [0.29, 0.717) is 11.9 Å². The van der Waals surface area contributed by atoms with E-state index in [0.717, 1.165) is 25.8 Å². The van der Waals surface area contributed by atoms with E-state index in [4.69, 9.17) is 5.73 Å². The first-order chi connectivity index (χ1) is 9.16. The van der Waals surface area contributed by atoms with Crippen LogP contribution in [0, 0.1) is 5.92 Å². The van der Waals surface area contributed by atoms with Crippen LogP contribution in [0.1, 0.15) is 31.5 Å². The Morgan fingerprint density at radius 3 is 2.63 bits per heavy atom. The van der Waals surface area contributed by atoms with Crippen molar-refractivity contribution >= 4 is 5.95 Å². The van der Waals surface area contributed by atoms with Crippen LogP contribution < -0.4 is 5.73 Å². The largest absolute Gasteiger partial charge is 0.369 e. The van der Waals surface area contributed by atoms with Gasteiger partial charge < -0.3 is 10.3 Å². The lowest BCUT2D eigenvalue weighted by molar-refractivity contribution is 0.573. The molecule has 1 aromatic carbocycles. The molecule has 0 aliphatic rings. The maximum absolute atomic E-state index is 5.95. The summed E-state index contributed by atoms with van der Waals surface area (Å²) in [6.45, 7) is 5.39. The van der Waals surface area contributed by atoms with Crippen LogP contribution >= 0.6 is 0 Å². The zero-order chi connectivity index (χ0) is 13.7. The maximum Gasteiger partial charge on any atom is 0.200 e. The number of aromatic nitrogens is 2. The summed E-state index contributed by atoms with van der Waals surface area (Å²) < 4.78 is 2.16. The van der Waals surface area contributed by atoms with Gasteiger partial charge in [-0.25, -0.2) is 4.98 Å². The fourth-order valence-electron chi connectivity index (χ4n) is 2.35. The molecule has 0 saturated heterocycles. The number of anilines is 1. The lowest BCUT2D eigenvalue weighted by Gasteiger charge is -2.11. The molecule has 3 heteroatoms. The minimum Gasteiger partial charge on any atom is -0.369 e. The Kier molecular flexibility index (Phi) is 4.61. The Morgan fingerprint density at radius 2 is 1.95 bits per heavy atom. The molecule has 0 unspecified atom stereocenters. The van der Waals surface area contributed by atoms with Crippen LogP contribution in [-0.2, 0) is 19.4 Å². The minimum absolute atomic E-state index is 0.629. The third-order valence-corrected chi connectivity index (χ3v) is 3.28. The summed E-state index contributed by atoms with van der Waals surface area (Å²) in [6, 6.07) is 10.6. The van der Waals surface area contributed by atoms with E-state index in [1.807, 2.05) is 6.20 Å². The van der Waals surface area contributed by atoms with Crippen molar-refractivity contribution in [2.75, 3.05) is 5.73 Å². The molecule has 2 N–H and O–H groups in total. The number of aryl methyl sites for hydroxylation is 1. The molecule has 1 heterocycles. The lowest BCUT2D eigenvalue weighted by atomic mass is 10.1. The van der Waals surface area contributed by atoms with Crippen molar-refractivity contribution in [1.29, 1.82) is 0 Å². The second-order valence-electron chi connectivity index (χ2n) is 5.45. The average Bonchev–Trinajstić information content (AvgIpc) is 2.72. The van der Waals surface area contributed by atoms with Gasteiger partial charge in [-0.1, -0.05) is 44.2 Å². The van der Waals surface area contributed by atoms with E-state index >= 15 is 0 Å². The molecule has 0 fully saturated rings. The van der Waals surface area contributed by atoms with Crippen LogP contribution in [0.2, 0.25) is 0 Å². The van der Waals surface area contributed by atoms with Gasteiger partial charge in [0.25, 0.3) is 0 Å². The highest BCUT2D eigenvalue weighted by Gasteiger charge is 2.08. The maximum atomic E-state index is 5.95. The predicted octanol–water partition coefficient (Wildman–Crippen LogP) is 3.30. The molecular formula is C16H23N3.